The number of phenolic OH excluding ortho intramolecular Hbond substituents is 1. The Morgan fingerprint density at radius 2 is 2.00 bits per heavy atom. The minimum atomic E-state index is 0.281. The smallest absolute Gasteiger partial charge is 0.136 e. The standard InChI is InChI=1S/C14H15ClN2O/c15-11-4-7-17(8-5-11)14-13-9-12(18)2-1-10(13)3-6-16-14/h1-3,6,9,11,18H,4-5,7-8H2. The molecule has 4 heteroatoms. The molecule has 1 N–H and O–H groups in total. The number of alkyl halides is 1. The van der Waals surface area contributed by atoms with Crippen molar-refractivity contribution in [3.63, 3.8) is 0 Å². The Balaban J connectivity index is 2.03. The van der Waals surface area contributed by atoms with Gasteiger partial charge in [-0.05, 0) is 36.4 Å². The van der Waals surface area contributed by atoms with Gasteiger partial charge in [-0.1, -0.05) is 6.07 Å². The van der Waals surface area contributed by atoms with Gasteiger partial charge in [-0.25, -0.2) is 4.98 Å². The van der Waals surface area contributed by atoms with E-state index in [9.17, 15) is 5.11 Å². The monoisotopic (exact) mass is 262 g/mol. The quantitative estimate of drug-likeness (QED) is 0.802. The zero-order valence-electron chi connectivity index (χ0n) is 10.0. The molecule has 0 saturated carbocycles. The van der Waals surface area contributed by atoms with Gasteiger partial charge in [0.05, 0.1) is 0 Å². The number of anilines is 1. The lowest BCUT2D eigenvalue weighted by molar-refractivity contribution is 0.476. The molecule has 1 aliphatic rings. The highest BCUT2D eigenvalue weighted by molar-refractivity contribution is 6.20. The number of halogens is 1. The van der Waals surface area contributed by atoms with Gasteiger partial charge in [0.25, 0.3) is 0 Å². The van der Waals surface area contributed by atoms with Crippen molar-refractivity contribution in [2.45, 2.75) is 18.2 Å². The van der Waals surface area contributed by atoms with Gasteiger partial charge in [0.1, 0.15) is 11.6 Å². The van der Waals surface area contributed by atoms with Crippen molar-refractivity contribution in [1.29, 1.82) is 0 Å². The summed E-state index contributed by atoms with van der Waals surface area (Å²) >= 11 is 6.13. The van der Waals surface area contributed by atoms with Gasteiger partial charge in [0.2, 0.25) is 0 Å². The zero-order valence-corrected chi connectivity index (χ0v) is 10.8. The van der Waals surface area contributed by atoms with Crippen LogP contribution in [0.4, 0.5) is 5.82 Å². The first kappa shape index (κ1) is 11.6. The third kappa shape index (κ3) is 2.10. The Labute approximate surface area is 111 Å². The predicted octanol–water partition coefficient (Wildman–Crippen LogP) is 3.15. The highest BCUT2D eigenvalue weighted by atomic mass is 35.5. The summed E-state index contributed by atoms with van der Waals surface area (Å²) in [4.78, 5) is 6.72. The number of pyridine rings is 1. The van der Waals surface area contributed by atoms with E-state index in [1.807, 2.05) is 18.3 Å². The van der Waals surface area contributed by atoms with Crippen LogP contribution in [-0.4, -0.2) is 28.6 Å². The van der Waals surface area contributed by atoms with Crippen molar-refractivity contribution < 1.29 is 5.11 Å². The van der Waals surface area contributed by atoms with E-state index in [1.165, 1.54) is 0 Å². The normalized spacial score (nSPS) is 17.3. The third-order valence-electron chi connectivity index (χ3n) is 3.45. The molecule has 0 spiro atoms. The van der Waals surface area contributed by atoms with Gasteiger partial charge < -0.3 is 10.0 Å². The van der Waals surface area contributed by atoms with Gasteiger partial charge >= 0.3 is 0 Å². The number of piperidine rings is 1. The predicted molar refractivity (Wildman–Crippen MR) is 74.5 cm³/mol. The number of hydrogen-bond donors (Lipinski definition) is 1. The molecule has 0 amide bonds. The van der Waals surface area contributed by atoms with Crippen molar-refractivity contribution in [1.82, 2.24) is 4.98 Å². The number of benzene rings is 1. The van der Waals surface area contributed by atoms with Crippen molar-refractivity contribution in [2.75, 3.05) is 18.0 Å². The van der Waals surface area contributed by atoms with E-state index >= 15 is 0 Å². The van der Waals surface area contributed by atoms with E-state index in [1.54, 1.807) is 12.1 Å². The van der Waals surface area contributed by atoms with Crippen LogP contribution in [0, 0.1) is 0 Å². The second-order valence-corrected chi connectivity index (χ2v) is 5.32. The fourth-order valence-corrected chi connectivity index (χ4v) is 2.65. The summed E-state index contributed by atoms with van der Waals surface area (Å²) in [5.41, 5.74) is 0. The summed E-state index contributed by atoms with van der Waals surface area (Å²) in [6.07, 6.45) is 3.79. The third-order valence-corrected chi connectivity index (χ3v) is 3.89. The Morgan fingerprint density at radius 1 is 1.22 bits per heavy atom. The van der Waals surface area contributed by atoms with E-state index in [-0.39, 0.29) is 11.1 Å². The summed E-state index contributed by atoms with van der Waals surface area (Å²) in [7, 11) is 0. The fraction of sp³-hybridized carbons (Fsp3) is 0.357. The number of nitrogens with zero attached hydrogens (tertiary/aromatic N) is 2. The number of fused-ring (bicyclic) bond motifs is 1. The van der Waals surface area contributed by atoms with E-state index < -0.39 is 0 Å². The lowest BCUT2D eigenvalue weighted by Crippen LogP contribution is -2.34. The second-order valence-electron chi connectivity index (χ2n) is 4.70. The van der Waals surface area contributed by atoms with E-state index in [2.05, 4.69) is 9.88 Å². The molecule has 18 heavy (non-hydrogen) atoms. The fourth-order valence-electron chi connectivity index (χ4n) is 2.45. The molecule has 2 aromatic rings. The number of hydrogen-bond acceptors (Lipinski definition) is 3. The van der Waals surface area contributed by atoms with Crippen LogP contribution < -0.4 is 4.90 Å². The zero-order chi connectivity index (χ0) is 12.5. The molecule has 3 nitrogen and oxygen atoms in total. The van der Waals surface area contributed by atoms with Crippen LogP contribution in [0.5, 0.6) is 5.75 Å². The molecule has 1 aromatic heterocycles. The molecule has 0 radical (unpaired) electrons. The second kappa shape index (κ2) is 4.65. The van der Waals surface area contributed by atoms with Gasteiger partial charge in [0.15, 0.2) is 0 Å². The van der Waals surface area contributed by atoms with Crippen LogP contribution in [0.15, 0.2) is 30.5 Å². The number of phenols is 1. The van der Waals surface area contributed by atoms with Gasteiger partial charge in [-0.3, -0.25) is 0 Å². The lowest BCUT2D eigenvalue weighted by atomic mass is 10.1. The molecule has 0 atom stereocenters. The molecular weight excluding hydrogens is 248 g/mol. The molecule has 0 aliphatic carbocycles. The topological polar surface area (TPSA) is 36.4 Å². The average molecular weight is 263 g/mol. The van der Waals surface area contributed by atoms with Gasteiger partial charge in [0, 0.05) is 30.0 Å². The molecule has 1 saturated heterocycles. The average Bonchev–Trinajstić information content (AvgIpc) is 2.39. The van der Waals surface area contributed by atoms with Crippen LogP contribution in [0.1, 0.15) is 12.8 Å². The largest absolute Gasteiger partial charge is 0.508 e. The van der Waals surface area contributed by atoms with Gasteiger partial charge in [-0.2, -0.15) is 0 Å². The Morgan fingerprint density at radius 3 is 2.78 bits per heavy atom. The highest BCUT2D eigenvalue weighted by Crippen LogP contribution is 2.30. The lowest BCUT2D eigenvalue weighted by Gasteiger charge is -2.31. The molecule has 0 unspecified atom stereocenters. The summed E-state index contributed by atoms with van der Waals surface area (Å²) in [5, 5.41) is 12.0. The first-order valence-corrected chi connectivity index (χ1v) is 6.64. The molecule has 1 aliphatic heterocycles. The summed E-state index contributed by atoms with van der Waals surface area (Å²) in [6, 6.07) is 7.37. The SMILES string of the molecule is Oc1ccc2ccnc(N3CCC(Cl)CC3)c2c1. The van der Waals surface area contributed by atoms with Crippen LogP contribution in [0.25, 0.3) is 10.8 Å². The minimum absolute atomic E-state index is 0.281. The molecule has 0 bridgehead atoms. The van der Waals surface area contributed by atoms with Crippen LogP contribution in [-0.2, 0) is 0 Å². The first-order valence-electron chi connectivity index (χ1n) is 6.21. The van der Waals surface area contributed by atoms with E-state index in [0.717, 1.165) is 42.5 Å². The van der Waals surface area contributed by atoms with Crippen LogP contribution in [0.3, 0.4) is 0 Å². The van der Waals surface area contributed by atoms with E-state index in [0.29, 0.717) is 0 Å². The molecule has 1 aromatic carbocycles. The van der Waals surface area contributed by atoms with Crippen molar-refractivity contribution in [2.24, 2.45) is 0 Å². The number of rotatable bonds is 1. The Kier molecular flexibility index (Phi) is 3.00. The first-order chi connectivity index (χ1) is 8.74. The molecule has 2 heterocycles. The molecule has 3 rings (SSSR count). The van der Waals surface area contributed by atoms with Crippen LogP contribution >= 0.6 is 11.6 Å². The molecule has 1 fully saturated rings. The van der Waals surface area contributed by atoms with E-state index in [4.69, 9.17) is 11.6 Å². The summed E-state index contributed by atoms with van der Waals surface area (Å²) in [6.45, 7) is 1.85. The maximum absolute atomic E-state index is 9.63. The summed E-state index contributed by atoms with van der Waals surface area (Å²) < 4.78 is 0. The van der Waals surface area contributed by atoms with Crippen LogP contribution in [0.2, 0.25) is 0 Å². The maximum Gasteiger partial charge on any atom is 0.136 e. The Hall–Kier alpha value is -1.48. The highest BCUT2D eigenvalue weighted by Gasteiger charge is 2.19. The molecular formula is C14H15ClN2O. The van der Waals surface area contributed by atoms with Crippen molar-refractivity contribution >= 4 is 28.2 Å². The Bertz CT molecular complexity index is 565. The molecule has 94 valence electrons. The minimum Gasteiger partial charge on any atom is -0.508 e. The van der Waals surface area contributed by atoms with Crippen molar-refractivity contribution in [3.05, 3.63) is 30.5 Å². The number of aromatic hydroxyl groups is 1. The maximum atomic E-state index is 9.63. The number of aromatic nitrogens is 1. The summed E-state index contributed by atoms with van der Waals surface area (Å²) in [5.74, 6) is 1.23. The van der Waals surface area contributed by atoms with Crippen molar-refractivity contribution in [3.8, 4) is 5.75 Å². The van der Waals surface area contributed by atoms with Gasteiger partial charge in [-0.15, -0.1) is 11.6 Å².